The minimum atomic E-state index is -0.846. The van der Waals surface area contributed by atoms with Crippen LogP contribution in [0.4, 0.5) is 14.5 Å². The van der Waals surface area contributed by atoms with Crippen LogP contribution in [0.5, 0.6) is 0 Å². The van der Waals surface area contributed by atoms with Crippen LogP contribution in [0.25, 0.3) is 5.57 Å². The van der Waals surface area contributed by atoms with Gasteiger partial charge in [-0.3, -0.25) is 4.79 Å². The maximum Gasteiger partial charge on any atom is 0.164 e. The van der Waals surface area contributed by atoms with Crippen molar-refractivity contribution in [3.63, 3.8) is 0 Å². The van der Waals surface area contributed by atoms with Gasteiger partial charge in [0.2, 0.25) is 0 Å². The van der Waals surface area contributed by atoms with E-state index >= 15 is 0 Å². The molecule has 0 spiro atoms. The Balaban J connectivity index is 2.58. The predicted octanol–water partition coefficient (Wildman–Crippen LogP) is 2.47. The van der Waals surface area contributed by atoms with Crippen molar-refractivity contribution < 1.29 is 13.6 Å². The first-order chi connectivity index (χ1) is 8.91. The summed E-state index contributed by atoms with van der Waals surface area (Å²) in [5, 5.41) is 0. The van der Waals surface area contributed by atoms with Crippen LogP contribution in [-0.4, -0.2) is 30.8 Å². The van der Waals surface area contributed by atoms with Crippen molar-refractivity contribution >= 4 is 17.0 Å². The van der Waals surface area contributed by atoms with Crippen molar-refractivity contribution in [3.8, 4) is 0 Å². The highest BCUT2D eigenvalue weighted by molar-refractivity contribution is 6.00. The first kappa shape index (κ1) is 13.7. The average Bonchev–Trinajstić information content (AvgIpc) is 2.30. The molecule has 0 amide bonds. The molecule has 2 N–H and O–H groups in total. The molecule has 0 unspecified atom stereocenters. The van der Waals surface area contributed by atoms with E-state index in [0.29, 0.717) is 18.5 Å². The third-order valence-corrected chi connectivity index (χ3v) is 3.33. The molecule has 0 bridgehead atoms. The molecule has 1 aromatic rings. The number of hydrogen-bond acceptors (Lipinski definition) is 3. The van der Waals surface area contributed by atoms with Crippen molar-refractivity contribution in [1.82, 2.24) is 4.90 Å². The zero-order chi connectivity index (χ0) is 14.2. The molecule has 0 saturated carbocycles. The summed E-state index contributed by atoms with van der Waals surface area (Å²) >= 11 is 0. The molecule has 0 atom stereocenters. The summed E-state index contributed by atoms with van der Waals surface area (Å²) in [4.78, 5) is 13.5. The van der Waals surface area contributed by atoms with Crippen LogP contribution >= 0.6 is 0 Å². The lowest BCUT2D eigenvalue weighted by molar-refractivity contribution is 0.101. The normalized spacial score (nSPS) is 16.3. The van der Waals surface area contributed by atoms with Crippen LogP contribution < -0.4 is 5.73 Å². The molecule has 1 aliphatic rings. The van der Waals surface area contributed by atoms with Crippen molar-refractivity contribution in [1.29, 1.82) is 0 Å². The van der Waals surface area contributed by atoms with Gasteiger partial charge in [0.1, 0.15) is 11.6 Å². The van der Waals surface area contributed by atoms with E-state index in [1.807, 2.05) is 11.9 Å². The minimum absolute atomic E-state index is 0.118. The summed E-state index contributed by atoms with van der Waals surface area (Å²) in [5.74, 6) is -2.05. The van der Waals surface area contributed by atoms with Crippen molar-refractivity contribution in [2.24, 2.45) is 0 Å². The number of likely N-dealkylation sites (N-methyl/N-ethyl adjacent to an activating group) is 1. The number of rotatable bonds is 2. The smallest absolute Gasteiger partial charge is 0.164 e. The summed E-state index contributed by atoms with van der Waals surface area (Å²) in [7, 11) is 1.93. The predicted molar refractivity (Wildman–Crippen MR) is 70.9 cm³/mol. The maximum atomic E-state index is 14.3. The fourth-order valence-corrected chi connectivity index (χ4v) is 2.29. The maximum absolute atomic E-state index is 14.3. The van der Waals surface area contributed by atoms with Gasteiger partial charge in [-0.1, -0.05) is 6.08 Å². The zero-order valence-electron chi connectivity index (χ0n) is 11.0. The van der Waals surface area contributed by atoms with E-state index in [9.17, 15) is 13.6 Å². The highest BCUT2D eigenvalue weighted by Crippen LogP contribution is 2.31. The molecule has 0 aliphatic carbocycles. The Morgan fingerprint density at radius 3 is 2.63 bits per heavy atom. The summed E-state index contributed by atoms with van der Waals surface area (Å²) in [6.07, 6.45) is 2.33. The van der Waals surface area contributed by atoms with Crippen LogP contribution in [0.3, 0.4) is 0 Å². The Bertz CT molecular complexity index is 567. The second-order valence-electron chi connectivity index (χ2n) is 4.81. The third kappa shape index (κ3) is 2.51. The van der Waals surface area contributed by atoms with Crippen LogP contribution in [-0.2, 0) is 0 Å². The van der Waals surface area contributed by atoms with Gasteiger partial charge >= 0.3 is 0 Å². The SMILES string of the molecule is CC(=O)c1c(N)cc(F)c(C2=CCN(C)CC2)c1F. The Hall–Kier alpha value is -1.75. The standard InChI is InChI=1S/C14H16F2N2O/c1-8(19)12-11(17)7-10(15)13(14(12)16)9-3-5-18(2)6-4-9/h3,7H,4-6,17H2,1-2H3. The van der Waals surface area contributed by atoms with Gasteiger partial charge in [0, 0.05) is 24.3 Å². The summed E-state index contributed by atoms with van der Waals surface area (Å²) < 4.78 is 28.3. The summed E-state index contributed by atoms with van der Waals surface area (Å²) in [6.45, 7) is 2.58. The van der Waals surface area contributed by atoms with E-state index in [4.69, 9.17) is 5.73 Å². The van der Waals surface area contributed by atoms with Gasteiger partial charge in [-0.2, -0.15) is 0 Å². The van der Waals surface area contributed by atoms with Gasteiger partial charge in [-0.25, -0.2) is 8.78 Å². The Morgan fingerprint density at radius 1 is 1.42 bits per heavy atom. The average molecular weight is 266 g/mol. The first-order valence-electron chi connectivity index (χ1n) is 6.08. The lowest BCUT2D eigenvalue weighted by atomic mass is 9.94. The number of anilines is 1. The van der Waals surface area contributed by atoms with E-state index in [2.05, 4.69) is 0 Å². The Morgan fingerprint density at radius 2 is 2.11 bits per heavy atom. The molecule has 0 fully saturated rings. The molecule has 5 heteroatoms. The summed E-state index contributed by atoms with van der Waals surface area (Å²) in [6, 6.07) is 1.02. The van der Waals surface area contributed by atoms with Crippen LogP contribution in [0.1, 0.15) is 29.3 Å². The number of nitrogens with zero attached hydrogens (tertiary/aromatic N) is 1. The number of ketones is 1. The van der Waals surface area contributed by atoms with E-state index in [1.165, 1.54) is 6.92 Å². The van der Waals surface area contributed by atoms with E-state index in [-0.39, 0.29) is 16.8 Å². The molecular weight excluding hydrogens is 250 g/mol. The van der Waals surface area contributed by atoms with Gasteiger partial charge in [-0.05, 0) is 32.0 Å². The number of benzene rings is 1. The fraction of sp³-hybridized carbons (Fsp3) is 0.357. The number of nitrogen functional groups attached to an aromatic ring is 1. The molecular formula is C14H16F2N2O. The van der Waals surface area contributed by atoms with Crippen molar-refractivity contribution in [2.75, 3.05) is 25.9 Å². The molecule has 0 radical (unpaired) electrons. The topological polar surface area (TPSA) is 46.3 Å². The number of carbonyl (C=O) groups is 1. The van der Waals surface area contributed by atoms with Crippen LogP contribution in [0.15, 0.2) is 12.1 Å². The van der Waals surface area contributed by atoms with Gasteiger partial charge < -0.3 is 10.6 Å². The molecule has 1 heterocycles. The van der Waals surface area contributed by atoms with Crippen LogP contribution in [0, 0.1) is 11.6 Å². The number of carbonyl (C=O) groups excluding carboxylic acids is 1. The molecule has 0 aromatic heterocycles. The summed E-state index contributed by atoms with van der Waals surface area (Å²) in [5.41, 5.74) is 5.61. The molecule has 3 nitrogen and oxygen atoms in total. The van der Waals surface area contributed by atoms with Crippen LogP contribution in [0.2, 0.25) is 0 Å². The lowest BCUT2D eigenvalue weighted by Crippen LogP contribution is -2.24. The highest BCUT2D eigenvalue weighted by atomic mass is 19.1. The highest BCUT2D eigenvalue weighted by Gasteiger charge is 2.23. The van der Waals surface area contributed by atoms with Gasteiger partial charge in [0.15, 0.2) is 5.78 Å². The van der Waals surface area contributed by atoms with Crippen molar-refractivity contribution in [2.45, 2.75) is 13.3 Å². The minimum Gasteiger partial charge on any atom is -0.398 e. The second-order valence-corrected chi connectivity index (χ2v) is 4.81. The number of Topliss-reactive ketones (excluding diaryl/α,β-unsaturated/α-hetero) is 1. The van der Waals surface area contributed by atoms with Gasteiger partial charge in [-0.15, -0.1) is 0 Å². The van der Waals surface area contributed by atoms with Gasteiger partial charge in [0.05, 0.1) is 5.56 Å². The van der Waals surface area contributed by atoms with Gasteiger partial charge in [0.25, 0.3) is 0 Å². The van der Waals surface area contributed by atoms with E-state index in [0.717, 1.165) is 12.6 Å². The third-order valence-electron chi connectivity index (χ3n) is 3.33. The second kappa shape index (κ2) is 5.09. The first-order valence-corrected chi connectivity index (χ1v) is 6.08. The fourth-order valence-electron chi connectivity index (χ4n) is 2.29. The molecule has 2 rings (SSSR count). The Labute approximate surface area is 110 Å². The molecule has 0 saturated heterocycles. The van der Waals surface area contributed by atoms with E-state index < -0.39 is 17.4 Å². The Kier molecular flexibility index (Phi) is 3.66. The number of halogens is 2. The number of hydrogen-bond donors (Lipinski definition) is 1. The van der Waals surface area contributed by atoms with Crippen molar-refractivity contribution in [3.05, 3.63) is 34.9 Å². The zero-order valence-corrected chi connectivity index (χ0v) is 11.0. The largest absolute Gasteiger partial charge is 0.398 e. The molecule has 1 aromatic carbocycles. The molecule has 19 heavy (non-hydrogen) atoms. The number of nitrogens with two attached hydrogens (primary N) is 1. The van der Waals surface area contributed by atoms with E-state index in [1.54, 1.807) is 6.08 Å². The molecule has 1 aliphatic heterocycles. The monoisotopic (exact) mass is 266 g/mol. The quantitative estimate of drug-likeness (QED) is 0.660. The lowest BCUT2D eigenvalue weighted by Gasteiger charge is -2.23. The molecule has 102 valence electrons.